The quantitative estimate of drug-likeness (QED) is 0.741. The number of rotatable bonds is 3. The molecular weight excluding hydrogens is 366 g/mol. The van der Waals surface area contributed by atoms with Gasteiger partial charge in [-0.15, -0.1) is 0 Å². The number of para-hydroxylation sites is 2. The van der Waals surface area contributed by atoms with Crippen molar-refractivity contribution in [2.75, 3.05) is 26.2 Å². The molecule has 1 fully saturated rings. The van der Waals surface area contributed by atoms with Crippen LogP contribution in [0.15, 0.2) is 41.2 Å². The Balaban J connectivity index is 1.24. The molecule has 152 valence electrons. The van der Waals surface area contributed by atoms with Crippen molar-refractivity contribution in [3.63, 3.8) is 0 Å². The van der Waals surface area contributed by atoms with Gasteiger partial charge in [-0.1, -0.05) is 24.3 Å². The first-order valence-electron chi connectivity index (χ1n) is 10.4. The van der Waals surface area contributed by atoms with Crippen molar-refractivity contribution in [1.29, 1.82) is 0 Å². The molecule has 0 spiro atoms. The van der Waals surface area contributed by atoms with Gasteiger partial charge < -0.3 is 14.5 Å². The molecule has 0 saturated carbocycles. The predicted molar refractivity (Wildman–Crippen MR) is 113 cm³/mol. The molecule has 3 aromatic rings. The molecule has 29 heavy (non-hydrogen) atoms. The van der Waals surface area contributed by atoms with E-state index in [0.29, 0.717) is 6.61 Å². The van der Waals surface area contributed by atoms with Crippen LogP contribution in [-0.2, 0) is 0 Å². The van der Waals surface area contributed by atoms with Gasteiger partial charge in [0.2, 0.25) is 0 Å². The summed E-state index contributed by atoms with van der Waals surface area (Å²) in [5, 5.41) is 0. The van der Waals surface area contributed by atoms with E-state index in [9.17, 15) is 4.79 Å². The molecule has 2 aliphatic rings. The van der Waals surface area contributed by atoms with Gasteiger partial charge in [-0.3, -0.25) is 9.47 Å². The van der Waals surface area contributed by atoms with Crippen molar-refractivity contribution in [3.8, 4) is 11.5 Å². The van der Waals surface area contributed by atoms with Crippen LogP contribution in [0.25, 0.3) is 11.0 Å². The zero-order chi connectivity index (χ0) is 20.0. The van der Waals surface area contributed by atoms with E-state index < -0.39 is 0 Å². The van der Waals surface area contributed by atoms with Crippen molar-refractivity contribution in [2.45, 2.75) is 38.8 Å². The minimum absolute atomic E-state index is 0.00360. The normalized spacial score (nSPS) is 20.3. The Kier molecular flexibility index (Phi) is 4.59. The third-order valence-corrected chi connectivity index (χ3v) is 6.21. The van der Waals surface area contributed by atoms with Crippen LogP contribution in [0.5, 0.6) is 11.5 Å². The Hall–Kier alpha value is -2.73. The lowest BCUT2D eigenvalue weighted by Crippen LogP contribution is -2.45. The van der Waals surface area contributed by atoms with E-state index in [4.69, 9.17) is 9.47 Å². The summed E-state index contributed by atoms with van der Waals surface area (Å²) in [6.45, 7) is 7.46. The van der Waals surface area contributed by atoms with Crippen molar-refractivity contribution >= 4 is 11.0 Å². The molecule has 1 N–H and O–H groups in total. The molecule has 0 radical (unpaired) electrons. The van der Waals surface area contributed by atoms with Crippen LogP contribution in [0.1, 0.15) is 30.0 Å². The number of aromatic nitrogens is 2. The lowest BCUT2D eigenvalue weighted by atomic mass is 10.0. The fourth-order valence-corrected chi connectivity index (χ4v) is 4.64. The first kappa shape index (κ1) is 18.3. The Morgan fingerprint density at radius 1 is 1.03 bits per heavy atom. The number of likely N-dealkylation sites (tertiary alicyclic amines) is 1. The SMILES string of the molecule is Cc1ccc(C)c2c1OCC(CN1CCC(n3c(=O)[nH]c4ccccc43)CC1)O2. The fraction of sp³-hybridized carbons (Fsp3) is 0.435. The average molecular weight is 393 g/mol. The van der Waals surface area contributed by atoms with E-state index in [2.05, 4.69) is 35.9 Å². The average Bonchev–Trinajstić information content (AvgIpc) is 3.07. The molecule has 6 nitrogen and oxygen atoms in total. The minimum Gasteiger partial charge on any atom is -0.485 e. The molecule has 0 bridgehead atoms. The van der Waals surface area contributed by atoms with Gasteiger partial charge in [-0.2, -0.15) is 0 Å². The number of aryl methyl sites for hydroxylation is 2. The number of benzene rings is 2. The predicted octanol–water partition coefficient (Wildman–Crippen LogP) is 3.42. The summed E-state index contributed by atoms with van der Waals surface area (Å²) in [6, 6.07) is 12.3. The maximum atomic E-state index is 12.5. The maximum Gasteiger partial charge on any atom is 0.326 e. The summed E-state index contributed by atoms with van der Waals surface area (Å²) in [4.78, 5) is 17.9. The molecule has 2 aromatic carbocycles. The molecule has 1 atom stereocenters. The number of nitrogens with zero attached hydrogens (tertiary/aromatic N) is 2. The van der Waals surface area contributed by atoms with Gasteiger partial charge in [0.05, 0.1) is 11.0 Å². The highest BCUT2D eigenvalue weighted by Crippen LogP contribution is 2.38. The molecule has 6 heteroatoms. The highest BCUT2D eigenvalue weighted by atomic mass is 16.6. The first-order valence-corrected chi connectivity index (χ1v) is 10.4. The number of piperidine rings is 1. The molecule has 1 unspecified atom stereocenters. The highest BCUT2D eigenvalue weighted by molar-refractivity contribution is 5.75. The number of ether oxygens (including phenoxy) is 2. The lowest BCUT2D eigenvalue weighted by Gasteiger charge is -2.36. The molecule has 1 saturated heterocycles. The monoisotopic (exact) mass is 393 g/mol. The molecule has 2 aliphatic heterocycles. The van der Waals surface area contributed by atoms with E-state index in [1.165, 1.54) is 0 Å². The molecule has 0 amide bonds. The summed E-state index contributed by atoms with van der Waals surface area (Å²) in [6.07, 6.45) is 1.96. The summed E-state index contributed by atoms with van der Waals surface area (Å²) >= 11 is 0. The standard InChI is InChI=1S/C23H27N3O3/c1-15-7-8-16(2)22-21(15)28-14-18(29-22)13-25-11-9-17(10-12-25)26-20-6-4-3-5-19(20)24-23(26)27/h3-8,17-18H,9-14H2,1-2H3,(H,24,27). The smallest absolute Gasteiger partial charge is 0.326 e. The molecule has 1 aromatic heterocycles. The summed E-state index contributed by atoms with van der Waals surface area (Å²) in [5.74, 6) is 1.78. The van der Waals surface area contributed by atoms with Gasteiger partial charge in [-0.25, -0.2) is 4.79 Å². The largest absolute Gasteiger partial charge is 0.485 e. The van der Waals surface area contributed by atoms with Gasteiger partial charge in [0.25, 0.3) is 0 Å². The lowest BCUT2D eigenvalue weighted by molar-refractivity contribution is 0.0475. The van der Waals surface area contributed by atoms with Crippen LogP contribution in [0.4, 0.5) is 0 Å². The third kappa shape index (κ3) is 3.31. The van der Waals surface area contributed by atoms with Crippen molar-refractivity contribution in [3.05, 3.63) is 58.0 Å². The van der Waals surface area contributed by atoms with E-state index in [0.717, 1.165) is 66.1 Å². The second kappa shape index (κ2) is 7.26. The van der Waals surface area contributed by atoms with Gasteiger partial charge in [0, 0.05) is 25.7 Å². The van der Waals surface area contributed by atoms with Crippen molar-refractivity contribution in [1.82, 2.24) is 14.5 Å². The van der Waals surface area contributed by atoms with Crippen LogP contribution >= 0.6 is 0 Å². The van der Waals surface area contributed by atoms with Crippen LogP contribution in [0, 0.1) is 13.8 Å². The highest BCUT2D eigenvalue weighted by Gasteiger charge is 2.29. The van der Waals surface area contributed by atoms with E-state index in [1.807, 2.05) is 28.8 Å². The second-order valence-electron chi connectivity index (χ2n) is 8.26. The van der Waals surface area contributed by atoms with E-state index in [-0.39, 0.29) is 17.8 Å². The van der Waals surface area contributed by atoms with Crippen LogP contribution in [0.3, 0.4) is 0 Å². The summed E-state index contributed by atoms with van der Waals surface area (Å²) in [5.41, 5.74) is 4.15. The zero-order valence-corrected chi connectivity index (χ0v) is 17.0. The Morgan fingerprint density at radius 2 is 1.76 bits per heavy atom. The van der Waals surface area contributed by atoms with Crippen LogP contribution in [-0.4, -0.2) is 46.8 Å². The van der Waals surface area contributed by atoms with E-state index in [1.54, 1.807) is 0 Å². The molecular formula is C23H27N3O3. The Bertz CT molecular complexity index is 1090. The molecule has 0 aliphatic carbocycles. The maximum absolute atomic E-state index is 12.5. The number of fused-ring (bicyclic) bond motifs is 2. The number of nitrogens with one attached hydrogen (secondary N) is 1. The van der Waals surface area contributed by atoms with Gasteiger partial charge in [-0.05, 0) is 49.9 Å². The zero-order valence-electron chi connectivity index (χ0n) is 17.0. The van der Waals surface area contributed by atoms with Gasteiger partial charge >= 0.3 is 5.69 Å². The number of hydrogen-bond acceptors (Lipinski definition) is 4. The van der Waals surface area contributed by atoms with Crippen LogP contribution in [0.2, 0.25) is 0 Å². The van der Waals surface area contributed by atoms with Crippen molar-refractivity contribution in [2.24, 2.45) is 0 Å². The van der Waals surface area contributed by atoms with Crippen molar-refractivity contribution < 1.29 is 9.47 Å². The van der Waals surface area contributed by atoms with Gasteiger partial charge in [0.1, 0.15) is 12.7 Å². The number of aromatic amines is 1. The molecule has 3 heterocycles. The Morgan fingerprint density at radius 3 is 2.55 bits per heavy atom. The first-order chi connectivity index (χ1) is 14.1. The number of imidazole rings is 1. The summed E-state index contributed by atoms with van der Waals surface area (Å²) in [7, 11) is 0. The van der Waals surface area contributed by atoms with Crippen LogP contribution < -0.4 is 15.2 Å². The Labute approximate surface area is 170 Å². The molecule has 5 rings (SSSR count). The van der Waals surface area contributed by atoms with E-state index >= 15 is 0 Å². The summed E-state index contributed by atoms with van der Waals surface area (Å²) < 4.78 is 14.3. The number of H-pyrrole nitrogens is 1. The second-order valence-corrected chi connectivity index (χ2v) is 8.26. The van der Waals surface area contributed by atoms with Gasteiger partial charge in [0.15, 0.2) is 11.5 Å². The topological polar surface area (TPSA) is 59.5 Å². The fourth-order valence-electron chi connectivity index (χ4n) is 4.64. The minimum atomic E-state index is -0.00360. The number of hydrogen-bond donors (Lipinski definition) is 1. The third-order valence-electron chi connectivity index (χ3n) is 6.21.